The third-order valence-corrected chi connectivity index (χ3v) is 3.84. The van der Waals surface area contributed by atoms with E-state index < -0.39 is 5.91 Å². The maximum absolute atomic E-state index is 12.2. The predicted octanol–water partition coefficient (Wildman–Crippen LogP) is 5.10. The molecule has 0 saturated carbocycles. The highest BCUT2D eigenvalue weighted by molar-refractivity contribution is 6.42. The molecule has 0 atom stereocenters. The highest BCUT2D eigenvalue weighted by atomic mass is 35.5. The lowest BCUT2D eigenvalue weighted by atomic mass is 10.1. The van der Waals surface area contributed by atoms with Crippen LogP contribution in [-0.4, -0.2) is 12.5 Å². The Balaban J connectivity index is 2.13. The Bertz CT molecular complexity index is 853. The molecule has 0 aromatic heterocycles. The number of carbonyl (C=O) groups is 1. The molecular formula is C19H14Cl2N2O2. The number of halogens is 2. The van der Waals surface area contributed by atoms with Crippen LogP contribution in [0.15, 0.2) is 60.7 Å². The van der Waals surface area contributed by atoms with Crippen LogP contribution < -0.4 is 10.1 Å². The van der Waals surface area contributed by atoms with E-state index >= 15 is 0 Å². The Morgan fingerprint density at radius 3 is 2.52 bits per heavy atom. The van der Waals surface area contributed by atoms with Crippen molar-refractivity contribution in [2.24, 2.45) is 0 Å². The first-order chi connectivity index (χ1) is 12.0. The minimum atomic E-state index is -0.534. The summed E-state index contributed by atoms with van der Waals surface area (Å²) in [5.41, 5.74) is 1.12. The first kappa shape index (κ1) is 18.6. The van der Waals surface area contributed by atoms with E-state index in [0.29, 0.717) is 33.7 Å². The number of anilines is 1. The maximum atomic E-state index is 12.2. The van der Waals surface area contributed by atoms with E-state index in [2.05, 4.69) is 11.9 Å². The third kappa shape index (κ3) is 5.39. The van der Waals surface area contributed by atoms with E-state index in [-0.39, 0.29) is 5.57 Å². The first-order valence-corrected chi connectivity index (χ1v) is 8.01. The summed E-state index contributed by atoms with van der Waals surface area (Å²) < 4.78 is 5.38. The van der Waals surface area contributed by atoms with Gasteiger partial charge in [0.1, 0.15) is 24.0 Å². The highest BCUT2D eigenvalue weighted by Gasteiger charge is 2.10. The number of benzene rings is 2. The van der Waals surface area contributed by atoms with Crippen molar-refractivity contribution in [2.45, 2.75) is 0 Å². The fraction of sp³-hybridized carbons (Fsp3) is 0.0526. The van der Waals surface area contributed by atoms with E-state index in [1.165, 1.54) is 12.1 Å². The summed E-state index contributed by atoms with van der Waals surface area (Å²) in [7, 11) is 0. The number of hydrogen-bond acceptors (Lipinski definition) is 3. The summed E-state index contributed by atoms with van der Waals surface area (Å²) in [6.07, 6.45) is 3.14. The van der Waals surface area contributed by atoms with Gasteiger partial charge >= 0.3 is 0 Å². The van der Waals surface area contributed by atoms with Crippen molar-refractivity contribution in [3.8, 4) is 11.8 Å². The summed E-state index contributed by atoms with van der Waals surface area (Å²) in [6.45, 7) is 3.98. The topological polar surface area (TPSA) is 62.1 Å². The Hall–Kier alpha value is -2.74. The quantitative estimate of drug-likeness (QED) is 0.435. The number of rotatable bonds is 6. The Morgan fingerprint density at radius 2 is 1.92 bits per heavy atom. The molecule has 2 aromatic rings. The molecule has 0 bridgehead atoms. The summed E-state index contributed by atoms with van der Waals surface area (Å²) in [5.74, 6) is 0.142. The number of amides is 1. The monoisotopic (exact) mass is 372 g/mol. The normalized spacial score (nSPS) is 10.7. The second-order valence-corrected chi connectivity index (χ2v) is 5.74. The van der Waals surface area contributed by atoms with Gasteiger partial charge in [-0.25, -0.2) is 0 Å². The van der Waals surface area contributed by atoms with E-state index in [1.807, 2.05) is 6.07 Å². The number of nitriles is 1. The summed E-state index contributed by atoms with van der Waals surface area (Å²) in [4.78, 5) is 12.2. The van der Waals surface area contributed by atoms with Gasteiger partial charge in [0.15, 0.2) is 0 Å². The van der Waals surface area contributed by atoms with E-state index in [1.54, 1.807) is 42.5 Å². The largest absolute Gasteiger partial charge is 0.490 e. The van der Waals surface area contributed by atoms with Crippen LogP contribution in [0.1, 0.15) is 5.56 Å². The number of ether oxygens (including phenoxy) is 1. The Labute approximate surface area is 155 Å². The molecule has 0 aliphatic heterocycles. The summed E-state index contributed by atoms with van der Waals surface area (Å²) >= 11 is 11.7. The Morgan fingerprint density at radius 1 is 1.20 bits per heavy atom. The van der Waals surface area contributed by atoms with E-state index in [4.69, 9.17) is 27.9 Å². The average molecular weight is 373 g/mol. The molecule has 2 aromatic carbocycles. The van der Waals surface area contributed by atoms with Crippen molar-refractivity contribution in [3.63, 3.8) is 0 Å². The molecule has 0 radical (unpaired) electrons. The van der Waals surface area contributed by atoms with Gasteiger partial charge in [-0.15, -0.1) is 0 Å². The zero-order valence-electron chi connectivity index (χ0n) is 13.1. The minimum Gasteiger partial charge on any atom is -0.490 e. The SMILES string of the molecule is C=CCOc1ccc(/C=C(\C#N)C(=O)Nc2ccc(Cl)c(Cl)c2)cc1. The molecule has 6 heteroatoms. The summed E-state index contributed by atoms with van der Waals surface area (Å²) in [5, 5.41) is 12.6. The van der Waals surface area contributed by atoms with Crippen LogP contribution in [0.25, 0.3) is 6.08 Å². The van der Waals surface area contributed by atoms with Crippen LogP contribution in [0.4, 0.5) is 5.69 Å². The van der Waals surface area contributed by atoms with Crippen LogP contribution >= 0.6 is 23.2 Å². The predicted molar refractivity (Wildman–Crippen MR) is 101 cm³/mol. The van der Waals surface area contributed by atoms with Gasteiger partial charge in [0, 0.05) is 5.69 Å². The van der Waals surface area contributed by atoms with Crippen LogP contribution in [0.3, 0.4) is 0 Å². The lowest BCUT2D eigenvalue weighted by molar-refractivity contribution is -0.112. The van der Waals surface area contributed by atoms with Crippen molar-refractivity contribution >= 4 is 40.9 Å². The molecule has 1 N–H and O–H groups in total. The lowest BCUT2D eigenvalue weighted by Gasteiger charge is -2.06. The van der Waals surface area contributed by atoms with Gasteiger partial charge in [-0.3, -0.25) is 4.79 Å². The second-order valence-electron chi connectivity index (χ2n) is 4.92. The lowest BCUT2D eigenvalue weighted by Crippen LogP contribution is -2.13. The van der Waals surface area contributed by atoms with E-state index in [0.717, 1.165) is 0 Å². The molecule has 1 amide bonds. The number of nitrogens with zero attached hydrogens (tertiary/aromatic N) is 1. The molecule has 0 saturated heterocycles. The molecule has 0 aliphatic rings. The molecule has 0 fully saturated rings. The average Bonchev–Trinajstić information content (AvgIpc) is 2.62. The van der Waals surface area contributed by atoms with Gasteiger partial charge in [0.2, 0.25) is 0 Å². The molecule has 25 heavy (non-hydrogen) atoms. The number of hydrogen-bond donors (Lipinski definition) is 1. The molecule has 0 unspecified atom stereocenters. The fourth-order valence-corrected chi connectivity index (χ4v) is 2.20. The Kier molecular flexibility index (Phi) is 6.64. The fourth-order valence-electron chi connectivity index (χ4n) is 1.90. The van der Waals surface area contributed by atoms with Crippen molar-refractivity contribution in [1.29, 1.82) is 5.26 Å². The number of nitrogens with one attached hydrogen (secondary N) is 1. The van der Waals surface area contributed by atoms with Gasteiger partial charge in [-0.2, -0.15) is 5.26 Å². The van der Waals surface area contributed by atoms with Crippen molar-refractivity contribution in [2.75, 3.05) is 11.9 Å². The molecule has 0 spiro atoms. The van der Waals surface area contributed by atoms with Crippen LogP contribution in [-0.2, 0) is 4.79 Å². The zero-order chi connectivity index (χ0) is 18.2. The van der Waals surface area contributed by atoms with Crippen LogP contribution in [0, 0.1) is 11.3 Å². The van der Waals surface area contributed by atoms with Gasteiger partial charge < -0.3 is 10.1 Å². The molecule has 0 aliphatic carbocycles. The first-order valence-electron chi connectivity index (χ1n) is 7.25. The second kappa shape index (κ2) is 8.93. The van der Waals surface area contributed by atoms with Gasteiger partial charge in [-0.05, 0) is 42.0 Å². The smallest absolute Gasteiger partial charge is 0.266 e. The molecular weight excluding hydrogens is 359 g/mol. The minimum absolute atomic E-state index is 0.0363. The molecule has 0 heterocycles. The summed E-state index contributed by atoms with van der Waals surface area (Å²) in [6, 6.07) is 13.6. The zero-order valence-corrected chi connectivity index (χ0v) is 14.6. The van der Waals surface area contributed by atoms with Crippen LogP contribution in [0.2, 0.25) is 10.0 Å². The van der Waals surface area contributed by atoms with Gasteiger partial charge in [-0.1, -0.05) is 48.0 Å². The van der Waals surface area contributed by atoms with Gasteiger partial charge in [0.25, 0.3) is 5.91 Å². The van der Waals surface area contributed by atoms with Gasteiger partial charge in [0.05, 0.1) is 10.0 Å². The van der Waals surface area contributed by atoms with Crippen molar-refractivity contribution in [1.82, 2.24) is 0 Å². The van der Waals surface area contributed by atoms with E-state index in [9.17, 15) is 10.1 Å². The standard InChI is InChI=1S/C19H14Cl2N2O2/c1-2-9-25-16-6-3-13(4-7-16)10-14(12-22)19(24)23-15-5-8-17(20)18(21)11-15/h2-8,10-11H,1,9H2,(H,23,24)/b14-10+. The maximum Gasteiger partial charge on any atom is 0.266 e. The van der Waals surface area contributed by atoms with Crippen molar-refractivity contribution in [3.05, 3.63) is 76.3 Å². The molecule has 126 valence electrons. The highest BCUT2D eigenvalue weighted by Crippen LogP contribution is 2.25. The number of carbonyl (C=O) groups excluding carboxylic acids is 1. The molecule has 2 rings (SSSR count). The molecule has 4 nitrogen and oxygen atoms in total. The van der Waals surface area contributed by atoms with Crippen LogP contribution in [0.5, 0.6) is 5.75 Å². The van der Waals surface area contributed by atoms with Crippen molar-refractivity contribution < 1.29 is 9.53 Å². The third-order valence-electron chi connectivity index (χ3n) is 3.10.